The summed E-state index contributed by atoms with van der Waals surface area (Å²) in [5.74, 6) is -1.72. The van der Waals surface area contributed by atoms with Gasteiger partial charge in [0, 0.05) is 16.3 Å². The van der Waals surface area contributed by atoms with Crippen LogP contribution in [0.15, 0.2) is 109 Å². The fourth-order valence-corrected chi connectivity index (χ4v) is 4.18. The lowest BCUT2D eigenvalue weighted by atomic mass is 10.0. The average Bonchev–Trinajstić information content (AvgIpc) is 3.01. The number of ether oxygens (including phenoxy) is 2. The Morgan fingerprint density at radius 3 is 1.98 bits per heavy atom. The van der Waals surface area contributed by atoms with E-state index in [2.05, 4.69) is 16.0 Å². The van der Waals surface area contributed by atoms with Gasteiger partial charge in [-0.3, -0.25) is 14.4 Å². The van der Waals surface area contributed by atoms with Crippen LogP contribution >= 0.6 is 11.6 Å². The van der Waals surface area contributed by atoms with E-state index in [9.17, 15) is 19.2 Å². The topological polar surface area (TPSA) is 123 Å². The van der Waals surface area contributed by atoms with E-state index in [0.29, 0.717) is 5.69 Å². The van der Waals surface area contributed by atoms with Crippen LogP contribution in [0.1, 0.15) is 27.9 Å². The highest BCUT2D eigenvalue weighted by Gasteiger charge is 2.25. The molecule has 220 valence electrons. The van der Waals surface area contributed by atoms with Gasteiger partial charge in [0.15, 0.2) is 5.78 Å². The fraction of sp³-hybridized carbons (Fsp3) is 0.152. The van der Waals surface area contributed by atoms with Gasteiger partial charge in [-0.25, -0.2) is 4.79 Å². The molecular formula is C33H30ClN3O6. The number of nitrogens with one attached hydrogen (secondary N) is 3. The van der Waals surface area contributed by atoms with E-state index >= 15 is 0 Å². The predicted octanol–water partition coefficient (Wildman–Crippen LogP) is 6.00. The summed E-state index contributed by atoms with van der Waals surface area (Å²) in [5, 5.41) is 8.11. The highest BCUT2D eigenvalue weighted by atomic mass is 35.5. The number of para-hydroxylation sites is 1. The third-order valence-corrected chi connectivity index (χ3v) is 6.37. The van der Waals surface area contributed by atoms with Crippen LogP contribution < -0.4 is 16.0 Å². The first-order valence-corrected chi connectivity index (χ1v) is 13.8. The number of amides is 3. The van der Waals surface area contributed by atoms with Crippen LogP contribution in [0, 0.1) is 0 Å². The number of carbonyl (C=O) groups excluding carboxylic acids is 4. The van der Waals surface area contributed by atoms with Crippen molar-refractivity contribution in [3.63, 3.8) is 0 Å². The number of Topliss-reactive ketones (excluding diaryl/α,β-unsaturated/α-hetero) is 1. The molecule has 0 aliphatic carbocycles. The van der Waals surface area contributed by atoms with E-state index in [0.717, 1.165) is 11.1 Å². The number of alkyl carbamates (subject to hydrolysis) is 1. The molecule has 0 bridgehead atoms. The lowest BCUT2D eigenvalue weighted by molar-refractivity contribution is -0.119. The largest absolute Gasteiger partial charge is 0.445 e. The third kappa shape index (κ3) is 10.1. The van der Waals surface area contributed by atoms with Gasteiger partial charge in [-0.05, 0) is 41.5 Å². The summed E-state index contributed by atoms with van der Waals surface area (Å²) in [5.41, 5.74) is 2.37. The maximum Gasteiger partial charge on any atom is 0.408 e. The van der Waals surface area contributed by atoms with Crippen LogP contribution in [0.5, 0.6) is 0 Å². The van der Waals surface area contributed by atoms with Gasteiger partial charge < -0.3 is 25.4 Å². The Kier molecular flexibility index (Phi) is 11.4. The predicted molar refractivity (Wildman–Crippen MR) is 164 cm³/mol. The molecule has 0 aliphatic rings. The zero-order valence-corrected chi connectivity index (χ0v) is 23.9. The van der Waals surface area contributed by atoms with Gasteiger partial charge in [0.25, 0.3) is 0 Å². The number of hydrogen-bond donors (Lipinski definition) is 3. The second-order valence-electron chi connectivity index (χ2n) is 9.45. The molecule has 0 saturated heterocycles. The smallest absolute Gasteiger partial charge is 0.408 e. The van der Waals surface area contributed by atoms with Crippen LogP contribution in [-0.2, 0) is 32.3 Å². The highest BCUT2D eigenvalue weighted by molar-refractivity contribution is 6.31. The average molecular weight is 600 g/mol. The quantitative estimate of drug-likeness (QED) is 0.128. The maximum atomic E-state index is 13.4. The van der Waals surface area contributed by atoms with Crippen molar-refractivity contribution >= 4 is 46.7 Å². The Balaban J connectivity index is 1.44. The van der Waals surface area contributed by atoms with E-state index in [4.69, 9.17) is 21.1 Å². The second kappa shape index (κ2) is 15.9. The van der Waals surface area contributed by atoms with Gasteiger partial charge >= 0.3 is 6.09 Å². The van der Waals surface area contributed by atoms with Crippen molar-refractivity contribution in [2.45, 2.75) is 25.7 Å². The normalized spacial score (nSPS) is 11.2. The molecule has 0 radical (unpaired) electrons. The molecule has 4 rings (SSSR count). The van der Waals surface area contributed by atoms with E-state index < -0.39 is 36.2 Å². The summed E-state index contributed by atoms with van der Waals surface area (Å²) in [6.45, 7) is 0.0111. The second-order valence-corrected chi connectivity index (χ2v) is 9.89. The monoisotopic (exact) mass is 599 g/mol. The molecule has 4 aromatic rings. The minimum Gasteiger partial charge on any atom is -0.445 e. The Morgan fingerprint density at radius 1 is 0.721 bits per heavy atom. The van der Waals surface area contributed by atoms with Crippen LogP contribution in [0.25, 0.3) is 0 Å². The number of anilines is 2. The van der Waals surface area contributed by atoms with E-state index in [-0.39, 0.29) is 36.1 Å². The summed E-state index contributed by atoms with van der Waals surface area (Å²) in [6, 6.07) is 30.3. The zero-order valence-electron chi connectivity index (χ0n) is 23.1. The summed E-state index contributed by atoms with van der Waals surface area (Å²) in [6.07, 6.45) is -1.29. The molecule has 3 N–H and O–H groups in total. The van der Waals surface area contributed by atoms with E-state index in [1.54, 1.807) is 42.5 Å². The SMILES string of the molecule is O=C(CC(=O)c1ccc(Cl)cc1NC(=O)C(COCc1ccccc1)NC(=O)OCc1ccccc1)Nc1ccccc1. The van der Waals surface area contributed by atoms with E-state index in [1.165, 1.54) is 18.2 Å². The van der Waals surface area contributed by atoms with Gasteiger partial charge in [-0.15, -0.1) is 0 Å². The number of ketones is 1. The van der Waals surface area contributed by atoms with Crippen LogP contribution in [0.4, 0.5) is 16.2 Å². The fourth-order valence-electron chi connectivity index (χ4n) is 4.01. The lowest BCUT2D eigenvalue weighted by Gasteiger charge is -2.20. The number of rotatable bonds is 13. The Bertz CT molecular complexity index is 1530. The number of benzene rings is 4. The number of hydrogen-bond acceptors (Lipinski definition) is 6. The lowest BCUT2D eigenvalue weighted by Crippen LogP contribution is -2.47. The molecule has 43 heavy (non-hydrogen) atoms. The van der Waals surface area contributed by atoms with Crippen molar-refractivity contribution in [1.29, 1.82) is 0 Å². The Hall–Kier alpha value is -4.99. The van der Waals surface area contributed by atoms with Crippen LogP contribution in [0.3, 0.4) is 0 Å². The molecule has 0 spiro atoms. The van der Waals surface area contributed by atoms with E-state index in [1.807, 2.05) is 48.5 Å². The first kappa shape index (κ1) is 31.0. The van der Waals surface area contributed by atoms with Crippen molar-refractivity contribution in [3.05, 3.63) is 131 Å². The Labute approximate surface area is 254 Å². The first-order chi connectivity index (χ1) is 20.9. The van der Waals surface area contributed by atoms with Gasteiger partial charge in [-0.2, -0.15) is 0 Å². The molecule has 9 nitrogen and oxygen atoms in total. The highest BCUT2D eigenvalue weighted by Crippen LogP contribution is 2.23. The van der Waals surface area contributed by atoms with Crippen molar-refractivity contribution in [1.82, 2.24) is 5.32 Å². The molecule has 0 fully saturated rings. The number of carbonyl (C=O) groups is 4. The molecule has 3 amide bonds. The Morgan fingerprint density at radius 2 is 1.33 bits per heavy atom. The third-order valence-electron chi connectivity index (χ3n) is 6.14. The van der Waals surface area contributed by atoms with Gasteiger partial charge in [0.05, 0.1) is 25.3 Å². The molecule has 10 heteroatoms. The van der Waals surface area contributed by atoms with Gasteiger partial charge in [-0.1, -0.05) is 90.5 Å². The molecule has 4 aromatic carbocycles. The minimum atomic E-state index is -1.18. The molecule has 0 heterocycles. The number of halogens is 1. The van der Waals surface area contributed by atoms with Gasteiger partial charge in [0.1, 0.15) is 12.6 Å². The summed E-state index contributed by atoms with van der Waals surface area (Å²) in [4.78, 5) is 51.6. The molecular weight excluding hydrogens is 570 g/mol. The van der Waals surface area contributed by atoms with Gasteiger partial charge in [0.2, 0.25) is 11.8 Å². The molecule has 0 aliphatic heterocycles. The summed E-state index contributed by atoms with van der Waals surface area (Å²) >= 11 is 6.18. The standard InChI is InChI=1S/C33H30ClN3O6/c34-25-16-17-27(30(38)19-31(39)35-26-14-8-3-9-15-26)28(18-25)36-32(40)29(22-42-20-23-10-4-1-5-11-23)37-33(41)43-21-24-12-6-2-7-13-24/h1-18,29H,19-22H2,(H,35,39)(H,36,40)(H,37,41). The summed E-state index contributed by atoms with van der Waals surface area (Å²) < 4.78 is 11.0. The zero-order chi connectivity index (χ0) is 30.4. The van der Waals surface area contributed by atoms with Crippen molar-refractivity contribution in [2.75, 3.05) is 17.2 Å². The maximum absolute atomic E-state index is 13.4. The summed E-state index contributed by atoms with van der Waals surface area (Å²) in [7, 11) is 0. The molecule has 0 aromatic heterocycles. The van der Waals surface area contributed by atoms with Crippen LogP contribution in [-0.4, -0.2) is 36.3 Å². The first-order valence-electron chi connectivity index (χ1n) is 13.4. The van der Waals surface area contributed by atoms with Crippen molar-refractivity contribution in [2.24, 2.45) is 0 Å². The molecule has 1 atom stereocenters. The minimum absolute atomic E-state index is 0.00384. The van der Waals surface area contributed by atoms with Crippen molar-refractivity contribution < 1.29 is 28.7 Å². The van der Waals surface area contributed by atoms with Crippen LogP contribution in [0.2, 0.25) is 5.02 Å². The van der Waals surface area contributed by atoms with Crippen molar-refractivity contribution in [3.8, 4) is 0 Å². The molecule has 1 unspecified atom stereocenters. The molecule has 0 saturated carbocycles.